The first kappa shape index (κ1) is 15.1. The van der Waals surface area contributed by atoms with Gasteiger partial charge in [-0.25, -0.2) is 13.6 Å². The molecule has 1 aliphatic heterocycles. The van der Waals surface area contributed by atoms with Gasteiger partial charge >= 0.3 is 17.8 Å². The Morgan fingerprint density at radius 2 is 1.67 bits per heavy atom. The summed E-state index contributed by atoms with van der Waals surface area (Å²) in [5.41, 5.74) is -0.157. The van der Waals surface area contributed by atoms with Crippen LogP contribution in [0, 0.1) is 17.6 Å². The van der Waals surface area contributed by atoms with Crippen molar-refractivity contribution < 1.29 is 23.2 Å². The number of carbonyl (C=O) groups excluding carboxylic acids is 3. The summed E-state index contributed by atoms with van der Waals surface area (Å²) in [7, 11) is 0. The predicted molar refractivity (Wildman–Crippen MR) is 68.9 cm³/mol. The number of hydrogen-bond acceptors (Lipinski definition) is 3. The molecule has 0 N–H and O–H groups in total. The summed E-state index contributed by atoms with van der Waals surface area (Å²) in [6, 6.07) is 2.66. The molecule has 1 aliphatic rings. The lowest BCUT2D eigenvalue weighted by molar-refractivity contribution is -0.143. The molecule has 2 rings (SSSR count). The van der Waals surface area contributed by atoms with Gasteiger partial charge in [0.2, 0.25) is 0 Å². The van der Waals surface area contributed by atoms with Crippen molar-refractivity contribution in [1.29, 1.82) is 0 Å². The van der Waals surface area contributed by atoms with Gasteiger partial charge in [0.05, 0.1) is 6.54 Å². The molecule has 1 aromatic rings. The summed E-state index contributed by atoms with van der Waals surface area (Å²) in [5.74, 6) is -4.17. The molecule has 0 spiro atoms. The van der Waals surface area contributed by atoms with Crippen molar-refractivity contribution in [3.05, 3.63) is 35.4 Å². The van der Waals surface area contributed by atoms with Crippen LogP contribution in [0.15, 0.2) is 18.2 Å². The fraction of sp³-hybridized carbons (Fsp3) is 0.357. The summed E-state index contributed by atoms with van der Waals surface area (Å²) in [5, 5.41) is 0. The molecule has 7 heteroatoms. The minimum atomic E-state index is -1.13. The van der Waals surface area contributed by atoms with E-state index in [1.54, 1.807) is 13.8 Å². The Labute approximate surface area is 120 Å². The van der Waals surface area contributed by atoms with Crippen molar-refractivity contribution in [1.82, 2.24) is 9.80 Å². The van der Waals surface area contributed by atoms with Gasteiger partial charge in [-0.05, 0) is 12.0 Å². The first-order valence-corrected chi connectivity index (χ1v) is 6.43. The predicted octanol–water partition coefficient (Wildman–Crippen LogP) is 1.91. The van der Waals surface area contributed by atoms with E-state index >= 15 is 0 Å². The van der Waals surface area contributed by atoms with Gasteiger partial charge in [0.25, 0.3) is 0 Å². The summed E-state index contributed by atoms with van der Waals surface area (Å²) in [6.07, 6.45) is 0. The minimum Gasteiger partial charge on any atom is -0.263 e. The second kappa shape index (κ2) is 5.59. The summed E-state index contributed by atoms with van der Waals surface area (Å²) < 4.78 is 26.7. The number of nitrogens with zero attached hydrogens (tertiary/aromatic N) is 2. The Hall–Kier alpha value is -2.31. The minimum absolute atomic E-state index is 0.00319. The summed E-state index contributed by atoms with van der Waals surface area (Å²) in [4.78, 5) is 37.1. The van der Waals surface area contributed by atoms with Gasteiger partial charge in [0, 0.05) is 12.1 Å². The molecule has 1 saturated heterocycles. The zero-order valence-corrected chi connectivity index (χ0v) is 11.6. The number of rotatable bonds is 4. The molecule has 1 fully saturated rings. The van der Waals surface area contributed by atoms with Crippen molar-refractivity contribution in [2.75, 3.05) is 6.54 Å². The van der Waals surface area contributed by atoms with Gasteiger partial charge in [0.1, 0.15) is 0 Å². The fourth-order valence-corrected chi connectivity index (χ4v) is 2.06. The molecule has 0 atom stereocenters. The first-order valence-electron chi connectivity index (χ1n) is 6.43. The van der Waals surface area contributed by atoms with Crippen molar-refractivity contribution in [3.63, 3.8) is 0 Å². The molecule has 5 nitrogen and oxygen atoms in total. The SMILES string of the molecule is CC(C)CN1C(=O)C(=O)N(Cc2cccc(F)c2F)C1=O. The lowest BCUT2D eigenvalue weighted by Crippen LogP contribution is -2.35. The van der Waals surface area contributed by atoms with Crippen molar-refractivity contribution in [2.24, 2.45) is 5.92 Å². The Morgan fingerprint density at radius 3 is 2.29 bits per heavy atom. The lowest BCUT2D eigenvalue weighted by Gasteiger charge is -2.17. The van der Waals surface area contributed by atoms with E-state index in [2.05, 4.69) is 0 Å². The molecule has 0 saturated carbocycles. The third-order valence-corrected chi connectivity index (χ3v) is 3.04. The Balaban J connectivity index is 2.24. The molecule has 21 heavy (non-hydrogen) atoms. The van der Waals surface area contributed by atoms with Crippen LogP contribution in [0.5, 0.6) is 0 Å². The molecule has 0 unspecified atom stereocenters. The average molecular weight is 296 g/mol. The van der Waals surface area contributed by atoms with Gasteiger partial charge in [-0.3, -0.25) is 19.4 Å². The van der Waals surface area contributed by atoms with Gasteiger partial charge in [-0.2, -0.15) is 0 Å². The highest BCUT2D eigenvalue weighted by molar-refractivity contribution is 6.44. The highest BCUT2D eigenvalue weighted by Gasteiger charge is 2.44. The maximum absolute atomic E-state index is 13.6. The number of carbonyl (C=O) groups is 3. The molecule has 1 aromatic carbocycles. The average Bonchev–Trinajstić information content (AvgIpc) is 2.61. The van der Waals surface area contributed by atoms with E-state index in [1.807, 2.05) is 0 Å². The summed E-state index contributed by atoms with van der Waals surface area (Å²) in [6.45, 7) is 3.22. The van der Waals surface area contributed by atoms with Gasteiger partial charge < -0.3 is 0 Å². The quantitative estimate of drug-likeness (QED) is 0.630. The third kappa shape index (κ3) is 2.76. The highest BCUT2D eigenvalue weighted by atomic mass is 19.2. The van der Waals surface area contributed by atoms with Crippen LogP contribution in [0.3, 0.4) is 0 Å². The molecular weight excluding hydrogens is 282 g/mol. The maximum Gasteiger partial charge on any atom is 0.334 e. The second-order valence-electron chi connectivity index (χ2n) is 5.20. The zero-order valence-electron chi connectivity index (χ0n) is 11.6. The standard InChI is InChI=1S/C14H14F2N2O3/c1-8(2)6-17-12(19)13(20)18(14(17)21)7-9-4-3-5-10(15)11(9)16/h3-5,8H,6-7H2,1-2H3. The number of hydrogen-bond donors (Lipinski definition) is 0. The molecule has 1 heterocycles. The number of halogens is 2. The van der Waals surface area contributed by atoms with E-state index in [1.165, 1.54) is 12.1 Å². The topological polar surface area (TPSA) is 57.7 Å². The van der Waals surface area contributed by atoms with E-state index in [-0.39, 0.29) is 18.0 Å². The van der Waals surface area contributed by atoms with E-state index in [0.29, 0.717) is 4.90 Å². The van der Waals surface area contributed by atoms with E-state index in [9.17, 15) is 23.2 Å². The smallest absolute Gasteiger partial charge is 0.263 e. The highest BCUT2D eigenvalue weighted by Crippen LogP contribution is 2.19. The van der Waals surface area contributed by atoms with Crippen molar-refractivity contribution in [3.8, 4) is 0 Å². The fourth-order valence-electron chi connectivity index (χ4n) is 2.06. The van der Waals surface area contributed by atoms with Crippen LogP contribution in [-0.2, 0) is 16.1 Å². The van der Waals surface area contributed by atoms with Crippen LogP contribution in [0.25, 0.3) is 0 Å². The number of urea groups is 1. The Bertz CT molecular complexity index is 616. The molecule has 0 radical (unpaired) electrons. The molecule has 0 aliphatic carbocycles. The van der Waals surface area contributed by atoms with Crippen LogP contribution in [-0.4, -0.2) is 34.2 Å². The van der Waals surface area contributed by atoms with Crippen LogP contribution in [0.4, 0.5) is 13.6 Å². The number of imide groups is 2. The van der Waals surface area contributed by atoms with Gasteiger partial charge in [0.15, 0.2) is 11.6 Å². The molecule has 112 valence electrons. The van der Waals surface area contributed by atoms with Gasteiger partial charge in [-0.1, -0.05) is 26.0 Å². The van der Waals surface area contributed by atoms with E-state index in [0.717, 1.165) is 11.0 Å². The largest absolute Gasteiger partial charge is 0.334 e. The summed E-state index contributed by atoms with van der Waals surface area (Å²) >= 11 is 0. The van der Waals surface area contributed by atoms with Crippen LogP contribution in [0.1, 0.15) is 19.4 Å². The monoisotopic (exact) mass is 296 g/mol. The number of amides is 4. The first-order chi connectivity index (χ1) is 9.82. The lowest BCUT2D eigenvalue weighted by atomic mass is 10.2. The van der Waals surface area contributed by atoms with E-state index in [4.69, 9.17) is 0 Å². The van der Waals surface area contributed by atoms with Crippen LogP contribution < -0.4 is 0 Å². The van der Waals surface area contributed by atoms with Crippen LogP contribution >= 0.6 is 0 Å². The van der Waals surface area contributed by atoms with Crippen molar-refractivity contribution >= 4 is 17.8 Å². The molecule has 0 bridgehead atoms. The van der Waals surface area contributed by atoms with Crippen molar-refractivity contribution in [2.45, 2.75) is 20.4 Å². The van der Waals surface area contributed by atoms with Crippen LogP contribution in [0.2, 0.25) is 0 Å². The van der Waals surface area contributed by atoms with Gasteiger partial charge in [-0.15, -0.1) is 0 Å². The van der Waals surface area contributed by atoms with E-state index < -0.39 is 36.0 Å². The third-order valence-electron chi connectivity index (χ3n) is 3.04. The molecule has 0 aromatic heterocycles. The Kier molecular flexibility index (Phi) is 4.02. The normalized spacial score (nSPS) is 15.6. The molecule has 4 amide bonds. The Morgan fingerprint density at radius 1 is 1.05 bits per heavy atom. The second-order valence-corrected chi connectivity index (χ2v) is 5.20. The maximum atomic E-state index is 13.6. The zero-order chi connectivity index (χ0) is 15.7. The number of benzene rings is 1. The molecular formula is C14H14F2N2O3.